The van der Waals surface area contributed by atoms with Crippen LogP contribution in [0, 0.1) is 5.92 Å². The summed E-state index contributed by atoms with van der Waals surface area (Å²) in [6.45, 7) is 3.92. The second-order valence-corrected chi connectivity index (χ2v) is 8.35. The van der Waals surface area contributed by atoms with E-state index in [-0.39, 0.29) is 17.7 Å². The maximum Gasteiger partial charge on any atom is 0.257 e. The van der Waals surface area contributed by atoms with Gasteiger partial charge >= 0.3 is 0 Å². The minimum absolute atomic E-state index is 0.145. The molecule has 1 aliphatic heterocycles. The Hall–Kier alpha value is -2.21. The molecule has 0 spiro atoms. The first-order valence-corrected chi connectivity index (χ1v) is 10.1. The van der Waals surface area contributed by atoms with Crippen LogP contribution >= 0.6 is 11.3 Å². The summed E-state index contributed by atoms with van der Waals surface area (Å²) in [4.78, 5) is 33.0. The van der Waals surface area contributed by atoms with Gasteiger partial charge in [0, 0.05) is 23.5 Å². The van der Waals surface area contributed by atoms with Gasteiger partial charge in [0.1, 0.15) is 0 Å². The molecule has 2 heterocycles. The zero-order chi connectivity index (χ0) is 18.1. The van der Waals surface area contributed by atoms with Crippen LogP contribution in [0.5, 0.6) is 0 Å². The van der Waals surface area contributed by atoms with Gasteiger partial charge in [0.15, 0.2) is 5.13 Å². The summed E-state index contributed by atoms with van der Waals surface area (Å²) in [7, 11) is 0. The maximum atomic E-state index is 13.0. The molecule has 1 N–H and O–H groups in total. The molecule has 0 radical (unpaired) electrons. The second kappa shape index (κ2) is 7.19. The number of aryl methyl sites for hydroxylation is 1. The second-order valence-electron chi connectivity index (χ2n) is 7.27. The van der Waals surface area contributed by atoms with Crippen LogP contribution in [0.2, 0.25) is 0 Å². The van der Waals surface area contributed by atoms with Crippen molar-refractivity contribution in [1.82, 2.24) is 9.88 Å². The predicted molar refractivity (Wildman–Crippen MR) is 103 cm³/mol. The Bertz CT molecular complexity index is 818. The number of piperidine rings is 1. The number of fused-ring (bicyclic) bond motifs is 1. The Labute approximate surface area is 157 Å². The molecule has 6 heteroatoms. The van der Waals surface area contributed by atoms with Crippen molar-refractivity contribution in [2.24, 2.45) is 5.92 Å². The molecule has 2 atom stereocenters. The van der Waals surface area contributed by atoms with Gasteiger partial charge in [0.05, 0.1) is 11.6 Å². The van der Waals surface area contributed by atoms with E-state index in [1.807, 2.05) is 23.1 Å². The van der Waals surface area contributed by atoms with Crippen molar-refractivity contribution in [3.8, 4) is 0 Å². The van der Waals surface area contributed by atoms with Gasteiger partial charge in [-0.2, -0.15) is 0 Å². The maximum absolute atomic E-state index is 13.0. The molecule has 136 valence electrons. The van der Waals surface area contributed by atoms with Crippen molar-refractivity contribution >= 4 is 28.3 Å². The number of nitrogens with zero attached hydrogens (tertiary/aromatic N) is 2. The van der Waals surface area contributed by atoms with Gasteiger partial charge in [-0.3, -0.25) is 14.9 Å². The number of hydrogen-bond acceptors (Lipinski definition) is 4. The molecule has 4 rings (SSSR count). The highest BCUT2D eigenvalue weighted by Gasteiger charge is 2.36. The molecular weight excluding hydrogens is 346 g/mol. The molecule has 2 amide bonds. The van der Waals surface area contributed by atoms with E-state index in [1.54, 1.807) is 12.1 Å². The van der Waals surface area contributed by atoms with Gasteiger partial charge in [-0.05, 0) is 43.7 Å². The largest absolute Gasteiger partial charge is 0.342 e. The van der Waals surface area contributed by atoms with Crippen LogP contribution in [0.3, 0.4) is 0 Å². The molecule has 2 aliphatic rings. The van der Waals surface area contributed by atoms with E-state index < -0.39 is 0 Å². The fourth-order valence-electron chi connectivity index (χ4n) is 3.89. The van der Waals surface area contributed by atoms with Crippen LogP contribution in [-0.4, -0.2) is 34.8 Å². The Balaban J connectivity index is 1.47. The number of hydrogen-bond donors (Lipinski definition) is 1. The van der Waals surface area contributed by atoms with E-state index in [0.29, 0.717) is 16.6 Å². The zero-order valence-electron chi connectivity index (χ0n) is 14.9. The highest BCUT2D eigenvalue weighted by Crippen LogP contribution is 2.39. The molecule has 2 aromatic rings. The van der Waals surface area contributed by atoms with E-state index in [0.717, 1.165) is 42.9 Å². The third-order valence-corrected chi connectivity index (χ3v) is 6.29. The highest BCUT2D eigenvalue weighted by molar-refractivity contribution is 7.16. The number of aromatic nitrogens is 1. The fourth-order valence-corrected chi connectivity index (χ4v) is 4.92. The average molecular weight is 369 g/mol. The molecule has 1 aliphatic carbocycles. The molecule has 2 unspecified atom stereocenters. The minimum atomic E-state index is -0.161. The number of amides is 2. The molecule has 0 bridgehead atoms. The number of rotatable bonds is 3. The summed E-state index contributed by atoms with van der Waals surface area (Å²) in [5.74, 6) is 0.478. The van der Waals surface area contributed by atoms with Gasteiger partial charge < -0.3 is 4.90 Å². The van der Waals surface area contributed by atoms with Crippen molar-refractivity contribution in [1.29, 1.82) is 0 Å². The van der Waals surface area contributed by atoms with Crippen molar-refractivity contribution in [2.45, 2.75) is 38.5 Å². The van der Waals surface area contributed by atoms with Gasteiger partial charge in [-0.25, -0.2) is 4.98 Å². The van der Waals surface area contributed by atoms with Gasteiger partial charge in [-0.1, -0.05) is 25.1 Å². The Morgan fingerprint density at radius 2 is 2.04 bits per heavy atom. The van der Waals surface area contributed by atoms with Crippen LogP contribution in [0.1, 0.15) is 53.0 Å². The van der Waals surface area contributed by atoms with Crippen LogP contribution in [0.4, 0.5) is 5.13 Å². The third-order valence-electron chi connectivity index (χ3n) is 5.24. The third kappa shape index (κ3) is 3.38. The summed E-state index contributed by atoms with van der Waals surface area (Å²) < 4.78 is 0. The Kier molecular flexibility index (Phi) is 4.76. The molecule has 1 aromatic carbocycles. The van der Waals surface area contributed by atoms with Crippen molar-refractivity contribution in [2.75, 3.05) is 18.4 Å². The summed E-state index contributed by atoms with van der Waals surface area (Å²) >= 11 is 1.50. The van der Waals surface area contributed by atoms with Crippen LogP contribution in [0.15, 0.2) is 30.3 Å². The van der Waals surface area contributed by atoms with Gasteiger partial charge in [0.25, 0.3) is 5.91 Å². The fraction of sp³-hybridized carbons (Fsp3) is 0.450. The first kappa shape index (κ1) is 17.2. The molecular formula is C20H23N3O2S. The normalized spacial score (nSPS) is 22.1. The number of carbonyl (C=O) groups is 2. The quantitative estimate of drug-likeness (QED) is 0.898. The van der Waals surface area contributed by atoms with Gasteiger partial charge in [0.2, 0.25) is 5.91 Å². The lowest BCUT2D eigenvalue weighted by atomic mass is 9.97. The van der Waals surface area contributed by atoms with Crippen molar-refractivity contribution in [3.63, 3.8) is 0 Å². The first-order chi connectivity index (χ1) is 12.6. The smallest absolute Gasteiger partial charge is 0.257 e. The highest BCUT2D eigenvalue weighted by atomic mass is 32.1. The number of nitrogens with one attached hydrogen (secondary N) is 1. The predicted octanol–water partition coefficient (Wildman–Crippen LogP) is 3.68. The van der Waals surface area contributed by atoms with E-state index >= 15 is 0 Å². The zero-order valence-corrected chi connectivity index (χ0v) is 15.7. The van der Waals surface area contributed by atoms with Crippen LogP contribution in [0.25, 0.3) is 0 Å². The van der Waals surface area contributed by atoms with E-state index in [2.05, 4.69) is 17.2 Å². The number of thiazole rings is 1. The SMILES string of the molecule is CC1CCCN(C(=O)C2CCc3sc(NC(=O)c4ccccc4)nc32)C1. The lowest BCUT2D eigenvalue weighted by Crippen LogP contribution is -2.41. The van der Waals surface area contributed by atoms with Crippen molar-refractivity contribution in [3.05, 3.63) is 46.5 Å². The van der Waals surface area contributed by atoms with E-state index in [1.165, 1.54) is 17.8 Å². The van der Waals surface area contributed by atoms with Crippen LogP contribution in [-0.2, 0) is 11.2 Å². The number of likely N-dealkylation sites (tertiary alicyclic amines) is 1. The van der Waals surface area contributed by atoms with E-state index in [9.17, 15) is 9.59 Å². The molecule has 1 fully saturated rings. The van der Waals surface area contributed by atoms with Crippen molar-refractivity contribution < 1.29 is 9.59 Å². The molecule has 0 saturated carbocycles. The van der Waals surface area contributed by atoms with Crippen LogP contribution < -0.4 is 5.32 Å². The summed E-state index contributed by atoms with van der Waals surface area (Å²) in [5.41, 5.74) is 1.49. The molecule has 1 saturated heterocycles. The monoisotopic (exact) mass is 369 g/mol. The summed E-state index contributed by atoms with van der Waals surface area (Å²) in [5, 5.41) is 3.47. The summed E-state index contributed by atoms with van der Waals surface area (Å²) in [6.07, 6.45) is 3.99. The lowest BCUT2D eigenvalue weighted by Gasteiger charge is -2.32. The first-order valence-electron chi connectivity index (χ1n) is 9.26. The Morgan fingerprint density at radius 3 is 2.81 bits per heavy atom. The molecule has 26 heavy (non-hydrogen) atoms. The Morgan fingerprint density at radius 1 is 1.23 bits per heavy atom. The molecule has 1 aromatic heterocycles. The van der Waals surface area contributed by atoms with E-state index in [4.69, 9.17) is 0 Å². The van der Waals surface area contributed by atoms with Gasteiger partial charge in [-0.15, -0.1) is 11.3 Å². The minimum Gasteiger partial charge on any atom is -0.342 e. The number of benzene rings is 1. The number of anilines is 1. The molecule has 5 nitrogen and oxygen atoms in total. The number of carbonyl (C=O) groups excluding carboxylic acids is 2. The summed E-state index contributed by atoms with van der Waals surface area (Å²) in [6, 6.07) is 9.11. The standard InChI is InChI=1S/C20H23N3O2S/c1-13-6-5-11-23(12-13)19(25)15-9-10-16-17(15)21-20(26-16)22-18(24)14-7-3-2-4-8-14/h2-4,7-8,13,15H,5-6,9-12H2,1H3,(H,21,22,24). The lowest BCUT2D eigenvalue weighted by molar-refractivity contribution is -0.134. The topological polar surface area (TPSA) is 62.3 Å². The average Bonchev–Trinajstić information content (AvgIpc) is 3.22.